The number of aromatic nitrogens is 4. The van der Waals surface area contributed by atoms with E-state index in [4.69, 9.17) is 24.4 Å². The van der Waals surface area contributed by atoms with E-state index in [0.29, 0.717) is 51.0 Å². The zero-order valence-corrected chi connectivity index (χ0v) is 22.9. The standard InChI is InChI=1S/C29H34N8O3/c1-3-30-29(38)36-11-5-10-35(12-13-36)28-33-26(31-16-21-8-9-23-24(15-21)40-19-39-23)25-27(34-28)37(18-32-25)17-22-7-4-6-20(2)14-22/h4,6-9,14-15,18H,3,5,10-13,16-17,19H2,1-2H3,(H,30,38)(H,31,33,34). The summed E-state index contributed by atoms with van der Waals surface area (Å²) in [7, 11) is 0. The Kier molecular flexibility index (Phi) is 7.26. The monoisotopic (exact) mass is 542 g/mol. The Morgan fingerprint density at radius 2 is 1.90 bits per heavy atom. The highest BCUT2D eigenvalue weighted by molar-refractivity contribution is 5.84. The summed E-state index contributed by atoms with van der Waals surface area (Å²) in [5.74, 6) is 2.81. The molecular weight excluding hydrogens is 508 g/mol. The van der Waals surface area contributed by atoms with Crippen LogP contribution in [0.3, 0.4) is 0 Å². The number of rotatable bonds is 7. The maximum Gasteiger partial charge on any atom is 0.317 e. The van der Waals surface area contributed by atoms with Crippen LogP contribution in [0.25, 0.3) is 11.2 Å². The Morgan fingerprint density at radius 3 is 2.77 bits per heavy atom. The molecule has 2 N–H and O–H groups in total. The zero-order valence-electron chi connectivity index (χ0n) is 22.9. The van der Waals surface area contributed by atoms with Crippen molar-refractivity contribution in [2.75, 3.05) is 49.7 Å². The van der Waals surface area contributed by atoms with E-state index in [-0.39, 0.29) is 12.8 Å². The number of hydrogen-bond donors (Lipinski definition) is 2. The van der Waals surface area contributed by atoms with Gasteiger partial charge in [0, 0.05) is 39.3 Å². The van der Waals surface area contributed by atoms with Gasteiger partial charge < -0.3 is 34.5 Å². The second-order valence-electron chi connectivity index (χ2n) is 10.1. The lowest BCUT2D eigenvalue weighted by Gasteiger charge is -2.23. The van der Waals surface area contributed by atoms with Crippen LogP contribution in [0.1, 0.15) is 30.0 Å². The predicted octanol–water partition coefficient (Wildman–Crippen LogP) is 3.77. The van der Waals surface area contributed by atoms with E-state index in [1.807, 2.05) is 36.4 Å². The number of benzene rings is 2. The smallest absolute Gasteiger partial charge is 0.317 e. The molecular formula is C29H34N8O3. The van der Waals surface area contributed by atoms with Crippen LogP contribution in [-0.4, -0.2) is 70.0 Å². The van der Waals surface area contributed by atoms with E-state index >= 15 is 0 Å². The summed E-state index contributed by atoms with van der Waals surface area (Å²) in [5.41, 5.74) is 4.93. The van der Waals surface area contributed by atoms with Crippen LogP contribution >= 0.6 is 0 Å². The molecule has 6 rings (SSSR count). The van der Waals surface area contributed by atoms with Gasteiger partial charge in [-0.05, 0) is 43.5 Å². The summed E-state index contributed by atoms with van der Waals surface area (Å²) in [4.78, 5) is 31.1. The van der Waals surface area contributed by atoms with Crippen molar-refractivity contribution in [1.29, 1.82) is 0 Å². The molecule has 0 atom stereocenters. The van der Waals surface area contributed by atoms with Crippen molar-refractivity contribution in [3.05, 3.63) is 65.5 Å². The fraction of sp³-hybridized carbons (Fsp3) is 0.379. The first-order valence-corrected chi connectivity index (χ1v) is 13.8. The summed E-state index contributed by atoms with van der Waals surface area (Å²) in [6.45, 7) is 8.79. The molecule has 0 unspecified atom stereocenters. The first-order valence-electron chi connectivity index (χ1n) is 13.8. The van der Waals surface area contributed by atoms with E-state index in [2.05, 4.69) is 51.3 Å². The molecule has 0 radical (unpaired) electrons. The minimum Gasteiger partial charge on any atom is -0.454 e. The minimum atomic E-state index is -0.0250. The van der Waals surface area contributed by atoms with Crippen molar-refractivity contribution >= 4 is 29.0 Å². The van der Waals surface area contributed by atoms with Gasteiger partial charge in [0.15, 0.2) is 28.5 Å². The maximum atomic E-state index is 12.4. The normalized spacial score (nSPS) is 14.8. The van der Waals surface area contributed by atoms with Crippen molar-refractivity contribution in [3.63, 3.8) is 0 Å². The van der Waals surface area contributed by atoms with Gasteiger partial charge in [-0.15, -0.1) is 0 Å². The summed E-state index contributed by atoms with van der Waals surface area (Å²) in [6, 6.07) is 14.4. The molecule has 2 amide bonds. The number of nitrogens with zero attached hydrogens (tertiary/aromatic N) is 6. The number of amides is 2. The van der Waals surface area contributed by atoms with Crippen molar-refractivity contribution in [2.24, 2.45) is 0 Å². The molecule has 4 heterocycles. The molecule has 0 saturated carbocycles. The van der Waals surface area contributed by atoms with Gasteiger partial charge in [0.2, 0.25) is 12.7 Å². The Bertz CT molecular complexity index is 1520. The van der Waals surface area contributed by atoms with Crippen LogP contribution in [-0.2, 0) is 13.1 Å². The first kappa shape index (κ1) is 25.7. The zero-order chi connectivity index (χ0) is 27.5. The number of aryl methyl sites for hydroxylation is 1. The quantitative estimate of drug-likeness (QED) is 0.363. The van der Waals surface area contributed by atoms with Crippen molar-refractivity contribution in [2.45, 2.75) is 33.4 Å². The highest BCUT2D eigenvalue weighted by Gasteiger charge is 2.23. The lowest BCUT2D eigenvalue weighted by molar-refractivity contribution is 0.174. The Hall–Kier alpha value is -4.54. The average Bonchev–Trinajstić information content (AvgIpc) is 3.51. The summed E-state index contributed by atoms with van der Waals surface area (Å²) < 4.78 is 13.1. The number of anilines is 2. The SMILES string of the molecule is CCNC(=O)N1CCCN(c2nc(NCc3ccc4c(c3)OCO4)c3ncn(Cc4cccc(C)c4)c3n2)CC1. The Labute approximate surface area is 233 Å². The van der Waals surface area contributed by atoms with E-state index in [9.17, 15) is 4.79 Å². The van der Waals surface area contributed by atoms with Crippen molar-refractivity contribution in [1.82, 2.24) is 29.7 Å². The third-order valence-electron chi connectivity index (χ3n) is 7.18. The average molecular weight is 543 g/mol. The molecule has 40 heavy (non-hydrogen) atoms. The third kappa shape index (κ3) is 5.45. The second kappa shape index (κ2) is 11.3. The molecule has 4 aromatic rings. The number of urea groups is 1. The topological polar surface area (TPSA) is 110 Å². The van der Waals surface area contributed by atoms with Gasteiger partial charge in [-0.1, -0.05) is 35.9 Å². The number of nitrogens with one attached hydrogen (secondary N) is 2. The Morgan fingerprint density at radius 1 is 1.00 bits per heavy atom. The number of carbonyl (C=O) groups excluding carboxylic acids is 1. The lowest BCUT2D eigenvalue weighted by Crippen LogP contribution is -2.42. The van der Waals surface area contributed by atoms with Crippen LogP contribution in [0, 0.1) is 6.92 Å². The van der Waals surface area contributed by atoms with E-state index in [1.54, 1.807) is 0 Å². The molecule has 11 heteroatoms. The van der Waals surface area contributed by atoms with E-state index in [1.165, 1.54) is 11.1 Å². The van der Waals surface area contributed by atoms with Crippen LogP contribution in [0.5, 0.6) is 11.5 Å². The van der Waals surface area contributed by atoms with Crippen molar-refractivity contribution in [3.8, 4) is 11.5 Å². The molecule has 11 nitrogen and oxygen atoms in total. The van der Waals surface area contributed by atoms with Gasteiger partial charge >= 0.3 is 6.03 Å². The number of hydrogen-bond acceptors (Lipinski definition) is 8. The van der Waals surface area contributed by atoms with E-state index < -0.39 is 0 Å². The number of carbonyl (C=O) groups is 1. The molecule has 208 valence electrons. The van der Waals surface area contributed by atoms with Gasteiger partial charge in [-0.25, -0.2) is 9.78 Å². The molecule has 2 aliphatic heterocycles. The molecule has 1 fully saturated rings. The van der Waals surface area contributed by atoms with Gasteiger partial charge in [0.25, 0.3) is 0 Å². The van der Waals surface area contributed by atoms with Gasteiger partial charge in [-0.2, -0.15) is 9.97 Å². The van der Waals surface area contributed by atoms with Crippen LogP contribution < -0.4 is 25.0 Å². The largest absolute Gasteiger partial charge is 0.454 e. The lowest BCUT2D eigenvalue weighted by atomic mass is 10.1. The van der Waals surface area contributed by atoms with Crippen LogP contribution in [0.4, 0.5) is 16.6 Å². The van der Waals surface area contributed by atoms with Gasteiger partial charge in [0.05, 0.1) is 12.9 Å². The highest BCUT2D eigenvalue weighted by atomic mass is 16.7. The van der Waals surface area contributed by atoms with Gasteiger partial charge in [0.1, 0.15) is 0 Å². The third-order valence-corrected chi connectivity index (χ3v) is 7.18. The predicted molar refractivity (Wildman–Crippen MR) is 153 cm³/mol. The molecule has 1 saturated heterocycles. The van der Waals surface area contributed by atoms with Gasteiger partial charge in [-0.3, -0.25) is 0 Å². The molecule has 2 aliphatic rings. The summed E-state index contributed by atoms with van der Waals surface area (Å²) >= 11 is 0. The fourth-order valence-corrected chi connectivity index (χ4v) is 5.14. The molecule has 0 bridgehead atoms. The molecule has 2 aromatic carbocycles. The Balaban J connectivity index is 1.30. The second-order valence-corrected chi connectivity index (χ2v) is 10.1. The molecule has 2 aromatic heterocycles. The summed E-state index contributed by atoms with van der Waals surface area (Å²) in [6.07, 6.45) is 2.66. The highest BCUT2D eigenvalue weighted by Crippen LogP contribution is 2.33. The van der Waals surface area contributed by atoms with Crippen molar-refractivity contribution < 1.29 is 14.3 Å². The molecule has 0 aliphatic carbocycles. The fourth-order valence-electron chi connectivity index (χ4n) is 5.14. The number of imidazole rings is 1. The van der Waals surface area contributed by atoms with Crippen LogP contribution in [0.15, 0.2) is 48.8 Å². The number of fused-ring (bicyclic) bond motifs is 2. The number of ether oxygens (including phenoxy) is 2. The van der Waals surface area contributed by atoms with E-state index in [0.717, 1.165) is 41.2 Å². The maximum absolute atomic E-state index is 12.4. The summed E-state index contributed by atoms with van der Waals surface area (Å²) in [5, 5.41) is 6.40. The molecule has 0 spiro atoms. The first-order chi connectivity index (χ1) is 19.6. The van der Waals surface area contributed by atoms with Crippen LogP contribution in [0.2, 0.25) is 0 Å². The minimum absolute atomic E-state index is 0.0250.